The molecule has 0 aromatic heterocycles. The number of benzene rings is 3. The summed E-state index contributed by atoms with van der Waals surface area (Å²) in [7, 11) is 0. The molecule has 0 bridgehead atoms. The first kappa shape index (κ1) is 26.2. The van der Waals surface area contributed by atoms with Gasteiger partial charge in [-0.25, -0.2) is 0 Å². The Kier molecular flexibility index (Phi) is 8.14. The van der Waals surface area contributed by atoms with E-state index in [-0.39, 0.29) is 5.41 Å². The lowest BCUT2D eigenvalue weighted by molar-refractivity contribution is -0.0241. The number of hydrogen-bond acceptors (Lipinski definition) is 3. The molecule has 2 saturated heterocycles. The van der Waals surface area contributed by atoms with Crippen LogP contribution in [0.3, 0.4) is 0 Å². The summed E-state index contributed by atoms with van der Waals surface area (Å²) in [6.07, 6.45) is 5.35. The molecule has 2 heterocycles. The normalized spacial score (nSPS) is 24.5. The molecule has 0 saturated carbocycles. The molecule has 196 valence electrons. The third kappa shape index (κ3) is 5.41. The van der Waals surface area contributed by atoms with Gasteiger partial charge in [0, 0.05) is 36.6 Å². The second-order valence-electron chi connectivity index (χ2n) is 11.7. The van der Waals surface area contributed by atoms with Crippen molar-refractivity contribution >= 4 is 0 Å². The highest BCUT2D eigenvalue weighted by Crippen LogP contribution is 2.45. The molecule has 2 aliphatic rings. The Labute approximate surface area is 224 Å². The zero-order valence-electron chi connectivity index (χ0n) is 23.2. The van der Waals surface area contributed by atoms with Gasteiger partial charge in [0.1, 0.15) is 0 Å². The lowest BCUT2D eigenvalue weighted by Gasteiger charge is -2.57. The van der Waals surface area contributed by atoms with Gasteiger partial charge in [0.25, 0.3) is 0 Å². The number of hydrogen-bond donors (Lipinski definition) is 1. The Hall–Kier alpha value is -2.46. The molecule has 1 N–H and O–H groups in total. The van der Waals surface area contributed by atoms with Crippen molar-refractivity contribution < 1.29 is 0 Å². The Bertz CT molecular complexity index is 1100. The third-order valence-corrected chi connectivity index (χ3v) is 8.95. The number of nitrogens with zero attached hydrogens (tertiary/aromatic N) is 2. The largest absolute Gasteiger partial charge is 0.299 e. The average Bonchev–Trinajstić information content (AvgIpc) is 2.94. The van der Waals surface area contributed by atoms with Gasteiger partial charge in [-0.05, 0) is 75.8 Å². The fourth-order valence-electron chi connectivity index (χ4n) is 7.08. The van der Waals surface area contributed by atoms with Crippen LogP contribution in [0.1, 0.15) is 70.7 Å². The molecule has 0 amide bonds. The Morgan fingerprint density at radius 3 is 2.08 bits per heavy atom. The van der Waals surface area contributed by atoms with Gasteiger partial charge >= 0.3 is 0 Å². The first-order chi connectivity index (χ1) is 18.0. The third-order valence-electron chi connectivity index (χ3n) is 8.95. The van der Waals surface area contributed by atoms with E-state index < -0.39 is 0 Å². The fraction of sp³-hybridized carbons (Fsp3) is 0.471. The molecule has 5 rings (SSSR count). The van der Waals surface area contributed by atoms with Crippen LogP contribution in [0.25, 0.3) is 11.1 Å². The van der Waals surface area contributed by atoms with Gasteiger partial charge in [-0.2, -0.15) is 0 Å². The van der Waals surface area contributed by atoms with E-state index in [1.807, 2.05) is 0 Å². The maximum atomic E-state index is 4.06. The molecule has 3 heteroatoms. The number of piperidine rings is 1. The molecule has 3 unspecified atom stereocenters. The molecular weight excluding hydrogens is 450 g/mol. The van der Waals surface area contributed by atoms with E-state index in [2.05, 4.69) is 128 Å². The van der Waals surface area contributed by atoms with Crippen LogP contribution in [0.2, 0.25) is 0 Å². The zero-order chi connectivity index (χ0) is 25.8. The van der Waals surface area contributed by atoms with Crippen molar-refractivity contribution in [2.24, 2.45) is 0 Å². The van der Waals surface area contributed by atoms with Gasteiger partial charge in [0.15, 0.2) is 0 Å². The molecule has 2 aliphatic heterocycles. The number of rotatable bonds is 8. The molecule has 3 aromatic carbocycles. The van der Waals surface area contributed by atoms with E-state index in [0.29, 0.717) is 24.3 Å². The van der Waals surface area contributed by atoms with E-state index in [9.17, 15) is 0 Å². The van der Waals surface area contributed by atoms with Crippen molar-refractivity contribution in [1.29, 1.82) is 0 Å². The van der Waals surface area contributed by atoms with Gasteiger partial charge < -0.3 is 0 Å². The van der Waals surface area contributed by atoms with Crippen LogP contribution in [-0.2, 0) is 5.41 Å². The lowest BCUT2D eigenvalue weighted by atomic mass is 9.66. The lowest BCUT2D eigenvalue weighted by Crippen LogP contribution is -2.65. The molecular formula is C34H45N3. The summed E-state index contributed by atoms with van der Waals surface area (Å²) in [4.78, 5) is 5.49. The quantitative estimate of drug-likeness (QED) is 0.355. The van der Waals surface area contributed by atoms with Crippen LogP contribution < -0.4 is 5.32 Å². The molecule has 37 heavy (non-hydrogen) atoms. The summed E-state index contributed by atoms with van der Waals surface area (Å²) >= 11 is 0. The number of fused-ring (bicyclic) bond motifs is 1. The Balaban J connectivity index is 1.52. The monoisotopic (exact) mass is 495 g/mol. The smallest absolute Gasteiger partial charge is 0.0863 e. The van der Waals surface area contributed by atoms with Crippen LogP contribution in [0.15, 0.2) is 84.9 Å². The van der Waals surface area contributed by atoms with Crippen molar-refractivity contribution in [3.63, 3.8) is 0 Å². The summed E-state index contributed by atoms with van der Waals surface area (Å²) in [5, 5.41) is 4.06. The van der Waals surface area contributed by atoms with Gasteiger partial charge in [0.2, 0.25) is 0 Å². The van der Waals surface area contributed by atoms with Crippen LogP contribution in [0.5, 0.6) is 0 Å². The minimum atomic E-state index is 0.0863. The standard InChI is InChI=1S/C34H45N3/c1-26(2)36(27(3)4)24-22-34(31-20-18-29(19-21-31)28-13-7-5-8-14-28)25-35-33(30-15-9-6-10-16-30)37-23-12-11-17-32(34)37/h5-10,13-16,18-21,26-27,32-33,35H,11-12,17,22-25H2,1-4H3. The van der Waals surface area contributed by atoms with Gasteiger partial charge in [-0.15, -0.1) is 0 Å². The highest BCUT2D eigenvalue weighted by Gasteiger charge is 2.49. The second-order valence-corrected chi connectivity index (χ2v) is 11.7. The molecule has 3 nitrogen and oxygen atoms in total. The number of nitrogens with one attached hydrogen (secondary N) is 1. The summed E-state index contributed by atoms with van der Waals surface area (Å²) in [6, 6.07) is 33.1. The van der Waals surface area contributed by atoms with E-state index >= 15 is 0 Å². The van der Waals surface area contributed by atoms with Crippen LogP contribution in [0.4, 0.5) is 0 Å². The van der Waals surface area contributed by atoms with Crippen molar-refractivity contribution in [2.45, 2.75) is 83.1 Å². The first-order valence-corrected chi connectivity index (χ1v) is 14.5. The maximum Gasteiger partial charge on any atom is 0.0863 e. The van der Waals surface area contributed by atoms with Crippen LogP contribution in [-0.4, -0.2) is 47.6 Å². The van der Waals surface area contributed by atoms with E-state index in [4.69, 9.17) is 0 Å². The molecule has 3 aromatic rings. The molecule has 3 atom stereocenters. The van der Waals surface area contributed by atoms with Crippen molar-refractivity contribution in [2.75, 3.05) is 19.6 Å². The zero-order valence-corrected chi connectivity index (χ0v) is 23.2. The SMILES string of the molecule is CC(C)N(CCC1(c2ccc(-c3ccccc3)cc2)CNC(c2ccccc2)N2CCCCC21)C(C)C. The Morgan fingerprint density at radius 1 is 0.811 bits per heavy atom. The molecule has 0 aliphatic carbocycles. The molecule has 0 spiro atoms. The van der Waals surface area contributed by atoms with Crippen LogP contribution in [0, 0.1) is 0 Å². The van der Waals surface area contributed by atoms with E-state index in [1.54, 1.807) is 0 Å². The minimum absolute atomic E-state index is 0.0863. The van der Waals surface area contributed by atoms with E-state index in [0.717, 1.165) is 13.1 Å². The Morgan fingerprint density at radius 2 is 1.43 bits per heavy atom. The van der Waals surface area contributed by atoms with E-state index in [1.165, 1.54) is 54.5 Å². The second kappa shape index (κ2) is 11.5. The van der Waals surface area contributed by atoms with Gasteiger partial charge in [0.05, 0.1) is 6.17 Å². The summed E-state index contributed by atoms with van der Waals surface area (Å²) in [5.41, 5.74) is 5.57. The van der Waals surface area contributed by atoms with Gasteiger partial charge in [-0.3, -0.25) is 15.1 Å². The fourth-order valence-corrected chi connectivity index (χ4v) is 7.08. The summed E-state index contributed by atoms with van der Waals surface area (Å²) in [5.74, 6) is 0. The summed E-state index contributed by atoms with van der Waals surface area (Å²) in [6.45, 7) is 12.7. The molecule has 0 radical (unpaired) electrons. The first-order valence-electron chi connectivity index (χ1n) is 14.5. The van der Waals surface area contributed by atoms with Gasteiger partial charge in [-0.1, -0.05) is 91.3 Å². The van der Waals surface area contributed by atoms with Crippen molar-refractivity contribution in [1.82, 2.24) is 15.1 Å². The maximum absolute atomic E-state index is 4.06. The topological polar surface area (TPSA) is 18.5 Å². The minimum Gasteiger partial charge on any atom is -0.299 e. The predicted molar refractivity (Wildman–Crippen MR) is 157 cm³/mol. The van der Waals surface area contributed by atoms with Crippen molar-refractivity contribution in [3.05, 3.63) is 96.1 Å². The van der Waals surface area contributed by atoms with Crippen LogP contribution >= 0.6 is 0 Å². The highest BCUT2D eigenvalue weighted by atomic mass is 15.3. The molecule has 2 fully saturated rings. The highest BCUT2D eigenvalue weighted by molar-refractivity contribution is 5.63. The predicted octanol–water partition coefficient (Wildman–Crippen LogP) is 7.26. The van der Waals surface area contributed by atoms with Crippen molar-refractivity contribution in [3.8, 4) is 11.1 Å². The average molecular weight is 496 g/mol. The summed E-state index contributed by atoms with van der Waals surface area (Å²) < 4.78 is 0.